The molecule has 0 heterocycles. The second-order valence-corrected chi connectivity index (χ2v) is 4.97. The maximum absolute atomic E-state index is 12.1. The number of ketones is 1. The zero-order chi connectivity index (χ0) is 17.5. The first kappa shape index (κ1) is 17.3. The molecule has 7 heteroatoms. The fraction of sp³-hybridized carbons (Fsp3) is 0.235. The summed E-state index contributed by atoms with van der Waals surface area (Å²) in [5.41, 5.74) is 1.17. The van der Waals surface area contributed by atoms with Crippen molar-refractivity contribution in [1.29, 1.82) is 0 Å². The third-order valence-corrected chi connectivity index (χ3v) is 3.48. The first-order chi connectivity index (χ1) is 11.5. The predicted molar refractivity (Wildman–Crippen MR) is 90.1 cm³/mol. The van der Waals surface area contributed by atoms with Crippen molar-refractivity contribution in [3.8, 4) is 11.5 Å². The van der Waals surface area contributed by atoms with E-state index < -0.39 is 4.92 Å². The van der Waals surface area contributed by atoms with Crippen molar-refractivity contribution in [2.45, 2.75) is 6.42 Å². The smallest absolute Gasteiger partial charge is 0.269 e. The molecule has 0 saturated heterocycles. The van der Waals surface area contributed by atoms with Gasteiger partial charge in [-0.05, 0) is 24.3 Å². The number of carbonyl (C=O) groups excluding carboxylic acids is 1. The predicted octanol–water partition coefficient (Wildman–Crippen LogP) is 3.30. The van der Waals surface area contributed by atoms with Crippen LogP contribution in [-0.4, -0.2) is 31.5 Å². The first-order valence-electron chi connectivity index (χ1n) is 7.28. The highest BCUT2D eigenvalue weighted by Crippen LogP contribution is 2.28. The summed E-state index contributed by atoms with van der Waals surface area (Å²) in [5, 5.41) is 13.7. The molecule has 1 N–H and O–H groups in total. The number of nitrogens with zero attached hydrogens (tertiary/aromatic N) is 1. The number of Topliss-reactive ketones (excluding diaryl/α,β-unsaturated/α-hetero) is 1. The minimum Gasteiger partial charge on any atom is -0.497 e. The molecule has 0 atom stereocenters. The topological polar surface area (TPSA) is 90.7 Å². The molecule has 0 aliphatic rings. The zero-order valence-corrected chi connectivity index (χ0v) is 13.4. The average Bonchev–Trinajstić information content (AvgIpc) is 2.61. The van der Waals surface area contributed by atoms with Gasteiger partial charge in [-0.15, -0.1) is 0 Å². The number of methoxy groups -OCH3 is 2. The lowest BCUT2D eigenvalue weighted by Gasteiger charge is -2.12. The second kappa shape index (κ2) is 7.96. The van der Waals surface area contributed by atoms with Gasteiger partial charge in [0.2, 0.25) is 0 Å². The molecule has 0 bridgehead atoms. The Balaban J connectivity index is 1.94. The number of carbonyl (C=O) groups is 1. The number of anilines is 1. The highest BCUT2D eigenvalue weighted by Gasteiger charge is 2.10. The van der Waals surface area contributed by atoms with Crippen LogP contribution in [0.25, 0.3) is 0 Å². The number of nitro benzene ring substituents is 1. The van der Waals surface area contributed by atoms with E-state index in [0.717, 1.165) is 5.69 Å². The van der Waals surface area contributed by atoms with Crippen LogP contribution in [0, 0.1) is 10.1 Å². The van der Waals surface area contributed by atoms with Gasteiger partial charge in [-0.1, -0.05) is 0 Å². The average molecular weight is 330 g/mol. The molecule has 0 aliphatic heterocycles. The summed E-state index contributed by atoms with van der Waals surface area (Å²) in [7, 11) is 3.13. The van der Waals surface area contributed by atoms with Gasteiger partial charge in [0, 0.05) is 36.7 Å². The molecule has 0 unspecified atom stereocenters. The fourth-order valence-electron chi connectivity index (χ4n) is 2.17. The Hall–Kier alpha value is -3.09. The van der Waals surface area contributed by atoms with Gasteiger partial charge in [0.1, 0.15) is 11.5 Å². The van der Waals surface area contributed by atoms with E-state index in [1.165, 1.54) is 24.3 Å². The summed E-state index contributed by atoms with van der Waals surface area (Å²) in [6.45, 7) is 0.415. The largest absolute Gasteiger partial charge is 0.497 e. The number of benzene rings is 2. The Morgan fingerprint density at radius 3 is 2.42 bits per heavy atom. The molecular formula is C17H18N2O5. The van der Waals surface area contributed by atoms with Crippen LogP contribution in [0.4, 0.5) is 11.4 Å². The second-order valence-electron chi connectivity index (χ2n) is 4.97. The van der Waals surface area contributed by atoms with Crippen LogP contribution in [0.2, 0.25) is 0 Å². The number of hydrogen-bond donors (Lipinski definition) is 1. The summed E-state index contributed by atoms with van der Waals surface area (Å²) in [6, 6.07) is 10.9. The molecule has 126 valence electrons. The van der Waals surface area contributed by atoms with Crippen molar-refractivity contribution in [3.05, 3.63) is 58.1 Å². The van der Waals surface area contributed by atoms with Crippen molar-refractivity contribution in [2.24, 2.45) is 0 Å². The molecule has 2 aromatic rings. The van der Waals surface area contributed by atoms with E-state index in [1.54, 1.807) is 26.4 Å². The number of non-ortho nitro benzene ring substituents is 1. The number of rotatable bonds is 8. The molecule has 7 nitrogen and oxygen atoms in total. The lowest BCUT2D eigenvalue weighted by atomic mass is 10.1. The van der Waals surface area contributed by atoms with E-state index in [-0.39, 0.29) is 17.9 Å². The normalized spacial score (nSPS) is 10.1. The van der Waals surface area contributed by atoms with Crippen LogP contribution in [0.1, 0.15) is 16.8 Å². The molecule has 0 fully saturated rings. The van der Waals surface area contributed by atoms with E-state index in [9.17, 15) is 14.9 Å². The third-order valence-electron chi connectivity index (χ3n) is 3.48. The van der Waals surface area contributed by atoms with Crippen LogP contribution in [0.3, 0.4) is 0 Å². The number of nitro groups is 1. The Morgan fingerprint density at radius 1 is 1.12 bits per heavy atom. The monoisotopic (exact) mass is 330 g/mol. The Bertz CT molecular complexity index is 728. The molecular weight excluding hydrogens is 312 g/mol. The third kappa shape index (κ3) is 4.22. The van der Waals surface area contributed by atoms with E-state index in [1.807, 2.05) is 6.07 Å². The van der Waals surface area contributed by atoms with Crippen LogP contribution in [0.15, 0.2) is 42.5 Å². The molecule has 0 saturated carbocycles. The van der Waals surface area contributed by atoms with Crippen molar-refractivity contribution in [3.63, 3.8) is 0 Å². The number of nitrogens with one attached hydrogen (secondary N) is 1. The van der Waals surface area contributed by atoms with E-state index in [2.05, 4.69) is 5.32 Å². The van der Waals surface area contributed by atoms with Crippen LogP contribution < -0.4 is 14.8 Å². The Morgan fingerprint density at radius 2 is 1.83 bits per heavy atom. The zero-order valence-electron chi connectivity index (χ0n) is 13.4. The SMILES string of the molecule is COc1ccc(NCCC(=O)c2ccc([N+](=O)[O-])cc2)c(OC)c1. The van der Waals surface area contributed by atoms with E-state index >= 15 is 0 Å². The van der Waals surface area contributed by atoms with Gasteiger partial charge in [0.15, 0.2) is 5.78 Å². The molecule has 2 rings (SSSR count). The highest BCUT2D eigenvalue weighted by atomic mass is 16.6. The maximum Gasteiger partial charge on any atom is 0.269 e. The van der Waals surface area contributed by atoms with Gasteiger partial charge in [-0.25, -0.2) is 0 Å². The quantitative estimate of drug-likeness (QED) is 0.454. The number of hydrogen-bond acceptors (Lipinski definition) is 6. The molecule has 0 aromatic heterocycles. The maximum atomic E-state index is 12.1. The lowest BCUT2D eigenvalue weighted by Crippen LogP contribution is -2.09. The summed E-state index contributed by atoms with van der Waals surface area (Å²) in [5.74, 6) is 1.21. The summed E-state index contributed by atoms with van der Waals surface area (Å²) in [4.78, 5) is 22.2. The fourth-order valence-corrected chi connectivity index (χ4v) is 2.17. The van der Waals surface area contributed by atoms with Crippen molar-refractivity contribution >= 4 is 17.2 Å². The standard InChI is InChI=1S/C17H18N2O5/c1-23-14-7-8-15(17(11-14)24-2)18-10-9-16(20)12-3-5-13(6-4-12)19(21)22/h3-8,11,18H,9-10H2,1-2H3. The van der Waals surface area contributed by atoms with Gasteiger partial charge < -0.3 is 14.8 Å². The van der Waals surface area contributed by atoms with Gasteiger partial charge in [0.25, 0.3) is 5.69 Å². The van der Waals surface area contributed by atoms with Gasteiger partial charge in [-0.3, -0.25) is 14.9 Å². The summed E-state index contributed by atoms with van der Waals surface area (Å²) < 4.78 is 10.4. The van der Waals surface area contributed by atoms with Crippen molar-refractivity contribution in [2.75, 3.05) is 26.1 Å². The van der Waals surface area contributed by atoms with E-state index in [4.69, 9.17) is 9.47 Å². The molecule has 0 amide bonds. The molecule has 0 aliphatic carbocycles. The molecule has 0 spiro atoms. The minimum absolute atomic E-state index is 0.0346. The van der Waals surface area contributed by atoms with Crippen molar-refractivity contribution < 1.29 is 19.2 Å². The summed E-state index contributed by atoms with van der Waals surface area (Å²) in [6.07, 6.45) is 0.257. The van der Waals surface area contributed by atoms with E-state index in [0.29, 0.717) is 23.6 Å². The van der Waals surface area contributed by atoms with Crippen LogP contribution >= 0.6 is 0 Å². The van der Waals surface area contributed by atoms with Gasteiger partial charge in [-0.2, -0.15) is 0 Å². The number of ether oxygens (including phenoxy) is 2. The van der Waals surface area contributed by atoms with Crippen LogP contribution in [0.5, 0.6) is 11.5 Å². The van der Waals surface area contributed by atoms with Crippen molar-refractivity contribution in [1.82, 2.24) is 0 Å². The molecule has 2 aromatic carbocycles. The van der Waals surface area contributed by atoms with Crippen LogP contribution in [-0.2, 0) is 0 Å². The highest BCUT2D eigenvalue weighted by molar-refractivity contribution is 5.96. The lowest BCUT2D eigenvalue weighted by molar-refractivity contribution is -0.384. The first-order valence-corrected chi connectivity index (χ1v) is 7.28. The molecule has 24 heavy (non-hydrogen) atoms. The summed E-state index contributed by atoms with van der Waals surface area (Å²) >= 11 is 0. The minimum atomic E-state index is -0.494. The molecule has 0 radical (unpaired) electrons. The Kier molecular flexibility index (Phi) is 5.73. The van der Waals surface area contributed by atoms with Gasteiger partial charge in [0.05, 0.1) is 24.8 Å². The Labute approximate surface area is 139 Å². The van der Waals surface area contributed by atoms with Gasteiger partial charge >= 0.3 is 0 Å².